The third-order valence-corrected chi connectivity index (χ3v) is 5.00. The van der Waals surface area contributed by atoms with Crippen molar-refractivity contribution >= 4 is 15.9 Å². The Morgan fingerprint density at radius 3 is 2.35 bits per heavy atom. The number of ether oxygens (including phenoxy) is 1. The molecule has 0 fully saturated rings. The van der Waals surface area contributed by atoms with Crippen molar-refractivity contribution in [2.45, 2.75) is 32.4 Å². The largest absolute Gasteiger partial charge is 0.469 e. The molecule has 3 nitrogen and oxygen atoms in total. The molecule has 1 heterocycles. The van der Waals surface area contributed by atoms with Crippen molar-refractivity contribution in [3.05, 3.63) is 94.0 Å². The van der Waals surface area contributed by atoms with Crippen molar-refractivity contribution < 1.29 is 4.74 Å². The van der Waals surface area contributed by atoms with Gasteiger partial charge in [-0.15, -0.1) is 0 Å². The second kappa shape index (κ2) is 8.86. The third-order valence-electron chi connectivity index (χ3n) is 4.34. The van der Waals surface area contributed by atoms with Gasteiger partial charge in [-0.2, -0.15) is 0 Å². The Morgan fingerprint density at radius 2 is 1.62 bits per heavy atom. The maximum atomic E-state index is 8.29. The van der Waals surface area contributed by atoms with Gasteiger partial charge in [-0.25, -0.2) is 0 Å². The second-order valence-electron chi connectivity index (χ2n) is 6.23. The van der Waals surface area contributed by atoms with E-state index in [2.05, 4.69) is 53.3 Å². The summed E-state index contributed by atoms with van der Waals surface area (Å²) in [6.45, 7) is 2.07. The SMILES string of the molecule is CCC(Oc1ccccc1Br)n1cc(CCc2ccccc2)ccc1=N. The Bertz CT molecular complexity index is 905. The minimum atomic E-state index is -0.210. The highest BCUT2D eigenvalue weighted by molar-refractivity contribution is 9.10. The first-order valence-corrected chi connectivity index (χ1v) is 9.67. The Morgan fingerprint density at radius 1 is 0.923 bits per heavy atom. The van der Waals surface area contributed by atoms with Crippen LogP contribution in [-0.4, -0.2) is 4.57 Å². The number of aromatic nitrogens is 1. The summed E-state index contributed by atoms with van der Waals surface area (Å²) in [5.41, 5.74) is 2.98. The smallest absolute Gasteiger partial charge is 0.176 e. The highest BCUT2D eigenvalue weighted by atomic mass is 79.9. The second-order valence-corrected chi connectivity index (χ2v) is 7.08. The van der Waals surface area contributed by atoms with Crippen LogP contribution in [0.15, 0.2) is 77.4 Å². The minimum Gasteiger partial charge on any atom is -0.469 e. The molecule has 3 aromatic rings. The topological polar surface area (TPSA) is 38.0 Å². The van der Waals surface area contributed by atoms with E-state index in [-0.39, 0.29) is 6.23 Å². The van der Waals surface area contributed by atoms with Crippen LogP contribution >= 0.6 is 15.9 Å². The number of benzene rings is 2. The van der Waals surface area contributed by atoms with Crippen molar-refractivity contribution in [3.63, 3.8) is 0 Å². The average Bonchev–Trinajstić information content (AvgIpc) is 2.68. The van der Waals surface area contributed by atoms with Crippen molar-refractivity contribution in [2.24, 2.45) is 0 Å². The number of hydrogen-bond donors (Lipinski definition) is 1. The van der Waals surface area contributed by atoms with Gasteiger partial charge in [0, 0.05) is 12.6 Å². The van der Waals surface area contributed by atoms with Gasteiger partial charge in [-0.05, 0) is 58.1 Å². The molecule has 0 amide bonds. The monoisotopic (exact) mass is 410 g/mol. The standard InChI is InChI=1S/C22H23BrN2O/c1-2-22(26-20-11-7-6-10-19(20)23)25-16-18(14-15-21(25)24)13-12-17-8-4-3-5-9-17/h3-11,14-16,22,24H,2,12-13H2,1H3. The molecule has 2 aromatic carbocycles. The van der Waals surface area contributed by atoms with Crippen LogP contribution in [-0.2, 0) is 12.8 Å². The van der Waals surface area contributed by atoms with Crippen molar-refractivity contribution in [1.29, 1.82) is 5.41 Å². The first-order chi connectivity index (χ1) is 12.7. The number of aryl methyl sites for hydroxylation is 2. The van der Waals surface area contributed by atoms with Crippen molar-refractivity contribution in [3.8, 4) is 5.75 Å². The lowest BCUT2D eigenvalue weighted by Gasteiger charge is -2.22. The number of hydrogen-bond acceptors (Lipinski definition) is 2. The van der Waals surface area contributed by atoms with Crippen LogP contribution < -0.4 is 10.2 Å². The number of nitrogens with zero attached hydrogens (tertiary/aromatic N) is 1. The summed E-state index contributed by atoms with van der Waals surface area (Å²) in [6.07, 6.45) is 4.55. The zero-order valence-corrected chi connectivity index (χ0v) is 16.4. The molecule has 1 aromatic heterocycles. The Kier molecular flexibility index (Phi) is 6.29. The van der Waals surface area contributed by atoms with Crippen LogP contribution in [0.25, 0.3) is 0 Å². The highest BCUT2D eigenvalue weighted by Gasteiger charge is 2.13. The van der Waals surface area contributed by atoms with E-state index in [1.807, 2.05) is 47.0 Å². The lowest BCUT2D eigenvalue weighted by molar-refractivity contribution is 0.121. The van der Waals surface area contributed by atoms with Crippen LogP contribution in [0.4, 0.5) is 0 Å². The first-order valence-electron chi connectivity index (χ1n) is 8.88. The van der Waals surface area contributed by atoms with Gasteiger partial charge in [0.1, 0.15) is 11.2 Å². The predicted octanol–water partition coefficient (Wildman–Crippen LogP) is 5.50. The molecule has 0 saturated heterocycles. The van der Waals surface area contributed by atoms with Gasteiger partial charge in [0.05, 0.1) is 4.47 Å². The molecular formula is C22H23BrN2O. The molecule has 1 atom stereocenters. The molecule has 0 spiro atoms. The van der Waals surface area contributed by atoms with E-state index >= 15 is 0 Å². The number of halogens is 1. The molecule has 1 unspecified atom stereocenters. The van der Waals surface area contributed by atoms with E-state index in [1.54, 1.807) is 0 Å². The maximum absolute atomic E-state index is 8.29. The Balaban J connectivity index is 1.79. The lowest BCUT2D eigenvalue weighted by atomic mass is 10.1. The normalized spacial score (nSPS) is 11.9. The summed E-state index contributed by atoms with van der Waals surface area (Å²) in [5, 5.41) is 8.29. The number of rotatable bonds is 7. The first kappa shape index (κ1) is 18.5. The molecule has 0 saturated carbocycles. The highest BCUT2D eigenvalue weighted by Crippen LogP contribution is 2.27. The summed E-state index contributed by atoms with van der Waals surface area (Å²) >= 11 is 3.53. The van der Waals surface area contributed by atoms with Gasteiger partial charge in [-0.1, -0.05) is 55.5 Å². The van der Waals surface area contributed by atoms with Crippen molar-refractivity contribution in [2.75, 3.05) is 0 Å². The summed E-state index contributed by atoms with van der Waals surface area (Å²) < 4.78 is 9.01. The quantitative estimate of drug-likeness (QED) is 0.548. The van der Waals surface area contributed by atoms with Gasteiger partial charge in [-0.3, -0.25) is 9.98 Å². The predicted molar refractivity (Wildman–Crippen MR) is 108 cm³/mol. The molecule has 3 rings (SSSR count). The van der Waals surface area contributed by atoms with E-state index in [0.29, 0.717) is 5.49 Å². The molecule has 134 valence electrons. The zero-order chi connectivity index (χ0) is 18.4. The molecular weight excluding hydrogens is 388 g/mol. The summed E-state index contributed by atoms with van der Waals surface area (Å²) in [6, 6.07) is 22.2. The fourth-order valence-electron chi connectivity index (χ4n) is 2.91. The zero-order valence-electron chi connectivity index (χ0n) is 14.9. The van der Waals surface area contributed by atoms with Gasteiger partial charge in [0.15, 0.2) is 6.23 Å². The molecule has 1 N–H and O–H groups in total. The molecule has 26 heavy (non-hydrogen) atoms. The molecule has 0 aliphatic carbocycles. The van der Waals surface area contributed by atoms with E-state index in [9.17, 15) is 0 Å². The fraction of sp³-hybridized carbons (Fsp3) is 0.227. The van der Waals surface area contributed by atoms with Crippen LogP contribution in [0.2, 0.25) is 0 Å². The van der Waals surface area contributed by atoms with E-state index < -0.39 is 0 Å². The lowest BCUT2D eigenvalue weighted by Crippen LogP contribution is -2.27. The molecule has 0 aliphatic rings. The van der Waals surface area contributed by atoms with Gasteiger partial charge >= 0.3 is 0 Å². The third kappa shape index (κ3) is 4.64. The Labute approximate surface area is 162 Å². The molecule has 0 aliphatic heterocycles. The van der Waals surface area contributed by atoms with Crippen LogP contribution in [0, 0.1) is 5.41 Å². The van der Waals surface area contributed by atoms with Crippen LogP contribution in [0.1, 0.15) is 30.7 Å². The molecule has 4 heteroatoms. The summed E-state index contributed by atoms with van der Waals surface area (Å²) in [7, 11) is 0. The van der Waals surface area contributed by atoms with Crippen LogP contribution in [0.3, 0.4) is 0 Å². The number of pyridine rings is 1. The van der Waals surface area contributed by atoms with Gasteiger partial charge in [0.2, 0.25) is 0 Å². The summed E-state index contributed by atoms with van der Waals surface area (Å²) in [4.78, 5) is 0. The van der Waals surface area contributed by atoms with Crippen LogP contribution in [0.5, 0.6) is 5.75 Å². The fourth-order valence-corrected chi connectivity index (χ4v) is 3.28. The molecule has 0 bridgehead atoms. The summed E-state index contributed by atoms with van der Waals surface area (Å²) in [5.74, 6) is 0.793. The van der Waals surface area contributed by atoms with E-state index in [1.165, 1.54) is 11.1 Å². The van der Waals surface area contributed by atoms with Gasteiger partial charge < -0.3 is 4.74 Å². The number of para-hydroxylation sites is 1. The minimum absolute atomic E-state index is 0.210. The van der Waals surface area contributed by atoms with Gasteiger partial charge in [0.25, 0.3) is 0 Å². The Hall–Kier alpha value is -2.33. The maximum Gasteiger partial charge on any atom is 0.176 e. The van der Waals surface area contributed by atoms with E-state index in [0.717, 1.165) is 29.5 Å². The van der Waals surface area contributed by atoms with E-state index in [4.69, 9.17) is 10.1 Å². The number of nitrogens with one attached hydrogen (secondary N) is 1. The molecule has 0 radical (unpaired) electrons. The average molecular weight is 411 g/mol. The van der Waals surface area contributed by atoms with Crippen molar-refractivity contribution in [1.82, 2.24) is 4.57 Å².